The first-order chi connectivity index (χ1) is 11.9. The van der Waals surface area contributed by atoms with Crippen molar-refractivity contribution in [2.45, 2.75) is 48.0 Å². The quantitative estimate of drug-likeness (QED) is 0.0931. The van der Waals surface area contributed by atoms with E-state index in [1.165, 1.54) is 0 Å². The summed E-state index contributed by atoms with van der Waals surface area (Å²) in [5.41, 5.74) is 0. The van der Waals surface area contributed by atoms with Crippen LogP contribution in [-0.4, -0.2) is 127 Å². The van der Waals surface area contributed by atoms with Gasteiger partial charge in [0, 0.05) is 10.9 Å². The molecule has 1 fully saturated rings. The molecule has 0 spiro atoms. The van der Waals surface area contributed by atoms with Crippen LogP contribution in [-0.2, 0) is 25.5 Å². The molecule has 14 heteroatoms. The van der Waals surface area contributed by atoms with Crippen LogP contribution < -0.4 is 0 Å². The van der Waals surface area contributed by atoms with E-state index < -0.39 is 82.5 Å². The van der Waals surface area contributed by atoms with E-state index in [0.29, 0.717) is 0 Å². The second-order valence-corrected chi connectivity index (χ2v) is 9.27. The van der Waals surface area contributed by atoms with Gasteiger partial charge in [0.25, 0.3) is 0 Å². The summed E-state index contributed by atoms with van der Waals surface area (Å²) in [4.78, 5) is 0. The van der Waals surface area contributed by atoms with Gasteiger partial charge in [0.05, 0.1) is 13.2 Å². The lowest BCUT2D eigenvalue weighted by Crippen LogP contribution is -2.53. The Morgan fingerprint density at radius 3 is 2.12 bits per heavy atom. The van der Waals surface area contributed by atoms with E-state index >= 15 is 0 Å². The summed E-state index contributed by atoms with van der Waals surface area (Å²) in [6, 6.07) is 0. The van der Waals surface area contributed by atoms with Gasteiger partial charge in [0.2, 0.25) is 10.4 Å². The second-order valence-electron chi connectivity index (χ2n) is 5.92. The Labute approximate surface area is 152 Å². The number of hydrogen-bond acceptors (Lipinski definition) is 12. The SMILES string of the molecule is O=S(=O)([O-])O[C@@H]([C@@H](O)[C@H](O)[C@H](O)CO)[C@H](O)C[S+]1C[C@@H](O)[C@H](O)[C@H]1CO. The van der Waals surface area contributed by atoms with Gasteiger partial charge in [-0.3, -0.25) is 4.18 Å². The molecule has 0 aromatic rings. The Bertz CT molecular complexity index is 530. The topological polar surface area (TPSA) is 228 Å². The normalized spacial score (nSPS) is 32.8. The molecule has 0 amide bonds. The van der Waals surface area contributed by atoms with Crippen molar-refractivity contribution in [3.8, 4) is 0 Å². The Morgan fingerprint density at radius 1 is 1.08 bits per heavy atom. The minimum Gasteiger partial charge on any atom is -0.726 e. The molecular weight excluding hydrogens is 400 g/mol. The van der Waals surface area contributed by atoms with Crippen LogP contribution in [0.2, 0.25) is 0 Å². The van der Waals surface area contributed by atoms with Gasteiger partial charge in [-0.25, -0.2) is 8.42 Å². The van der Waals surface area contributed by atoms with E-state index in [-0.39, 0.29) is 11.5 Å². The molecule has 26 heavy (non-hydrogen) atoms. The number of hydrogen-bond donors (Lipinski definition) is 8. The van der Waals surface area contributed by atoms with E-state index in [1.807, 2.05) is 0 Å². The molecule has 0 radical (unpaired) electrons. The molecule has 1 saturated heterocycles. The zero-order chi connectivity index (χ0) is 20.2. The average Bonchev–Trinajstić information content (AvgIpc) is 2.82. The fourth-order valence-electron chi connectivity index (χ4n) is 2.62. The molecule has 1 aliphatic rings. The van der Waals surface area contributed by atoms with Crippen molar-refractivity contribution in [1.82, 2.24) is 0 Å². The third-order valence-electron chi connectivity index (χ3n) is 4.03. The first kappa shape index (κ1) is 23.9. The highest BCUT2D eigenvalue weighted by molar-refractivity contribution is 7.97. The molecule has 0 bridgehead atoms. The molecule has 0 aliphatic carbocycles. The molecule has 1 rings (SSSR count). The second kappa shape index (κ2) is 9.90. The van der Waals surface area contributed by atoms with Gasteiger partial charge in [0.15, 0.2) is 5.25 Å². The van der Waals surface area contributed by atoms with Crippen molar-refractivity contribution in [3.05, 3.63) is 0 Å². The number of rotatable bonds is 10. The summed E-state index contributed by atoms with van der Waals surface area (Å²) < 4.78 is 36.7. The van der Waals surface area contributed by atoms with Crippen molar-refractivity contribution in [1.29, 1.82) is 0 Å². The van der Waals surface area contributed by atoms with Crippen molar-refractivity contribution < 1.29 is 58.0 Å². The van der Waals surface area contributed by atoms with Crippen LogP contribution in [0.4, 0.5) is 0 Å². The van der Waals surface area contributed by atoms with Crippen LogP contribution in [0.15, 0.2) is 0 Å². The summed E-state index contributed by atoms with van der Waals surface area (Å²) >= 11 is 0. The Morgan fingerprint density at radius 2 is 1.65 bits per heavy atom. The highest BCUT2D eigenvalue weighted by Crippen LogP contribution is 2.26. The van der Waals surface area contributed by atoms with E-state index in [2.05, 4.69) is 4.18 Å². The maximum Gasteiger partial charge on any atom is 0.218 e. The van der Waals surface area contributed by atoms with Crippen molar-refractivity contribution in [2.75, 3.05) is 24.7 Å². The maximum atomic E-state index is 10.9. The monoisotopic (exact) mass is 424 g/mol. The molecule has 0 aromatic carbocycles. The summed E-state index contributed by atoms with van der Waals surface area (Å²) in [7, 11) is -6.45. The Kier molecular flexibility index (Phi) is 9.12. The lowest BCUT2D eigenvalue weighted by molar-refractivity contribution is -0.129. The average molecular weight is 424 g/mol. The zero-order valence-electron chi connectivity index (χ0n) is 13.5. The van der Waals surface area contributed by atoms with Gasteiger partial charge < -0.3 is 45.4 Å². The van der Waals surface area contributed by atoms with Crippen molar-refractivity contribution in [3.63, 3.8) is 0 Å². The van der Waals surface area contributed by atoms with Crippen LogP contribution in [0.1, 0.15) is 0 Å². The third kappa shape index (κ3) is 6.22. The van der Waals surface area contributed by atoms with E-state index in [0.717, 1.165) is 0 Å². The van der Waals surface area contributed by atoms with Gasteiger partial charge >= 0.3 is 0 Å². The smallest absolute Gasteiger partial charge is 0.218 e. The van der Waals surface area contributed by atoms with Crippen LogP contribution >= 0.6 is 0 Å². The van der Waals surface area contributed by atoms with E-state index in [9.17, 15) is 48.7 Å². The minimum atomic E-state index is -5.42. The predicted molar refractivity (Wildman–Crippen MR) is 85.7 cm³/mol. The largest absolute Gasteiger partial charge is 0.726 e. The van der Waals surface area contributed by atoms with Crippen molar-refractivity contribution >= 4 is 21.3 Å². The Balaban J connectivity index is 2.95. The lowest BCUT2D eigenvalue weighted by Gasteiger charge is -2.31. The van der Waals surface area contributed by atoms with Gasteiger partial charge in [-0.2, -0.15) is 0 Å². The standard InChI is InChI=1S/C12H24O12S2/c13-1-5(15)10(19)11(20)12(24-26(21,22)23)7(17)4-25-3-6(16)9(18)8(25)2-14/h5-20H,1-4H2/t5-,6-,7-,8-,9+,10-,11+,12-,25?/m1/s1. The number of aliphatic hydroxyl groups is 8. The van der Waals surface area contributed by atoms with Crippen LogP contribution in [0.25, 0.3) is 0 Å². The molecular formula is C12H24O12S2. The molecule has 0 saturated carbocycles. The molecule has 9 atom stereocenters. The summed E-state index contributed by atoms with van der Waals surface area (Å²) in [5.74, 6) is -0.406. The van der Waals surface area contributed by atoms with E-state index in [4.69, 9.17) is 5.11 Å². The maximum absolute atomic E-state index is 10.9. The molecule has 12 nitrogen and oxygen atoms in total. The summed E-state index contributed by atoms with van der Waals surface area (Å²) in [6.45, 7) is -1.53. The summed E-state index contributed by atoms with van der Waals surface area (Å²) in [6.07, 6.45) is -12.8. The van der Waals surface area contributed by atoms with Gasteiger partial charge in [0.1, 0.15) is 54.2 Å². The number of aliphatic hydroxyl groups excluding tert-OH is 8. The molecule has 1 unspecified atom stereocenters. The lowest BCUT2D eigenvalue weighted by atomic mass is 10.0. The molecule has 1 aliphatic heterocycles. The predicted octanol–water partition coefficient (Wildman–Crippen LogP) is -6.02. The molecule has 1 heterocycles. The molecule has 0 aromatic heterocycles. The van der Waals surface area contributed by atoms with Crippen LogP contribution in [0, 0.1) is 0 Å². The highest BCUT2D eigenvalue weighted by atomic mass is 32.3. The summed E-state index contributed by atoms with van der Waals surface area (Å²) in [5, 5.41) is 75.8. The minimum absolute atomic E-state index is 0.0296. The first-order valence-corrected chi connectivity index (χ1v) is 10.5. The van der Waals surface area contributed by atoms with Gasteiger partial charge in [-0.1, -0.05) is 0 Å². The third-order valence-corrected chi connectivity index (χ3v) is 7.31. The first-order valence-electron chi connectivity index (χ1n) is 7.53. The van der Waals surface area contributed by atoms with Crippen molar-refractivity contribution in [2.24, 2.45) is 0 Å². The zero-order valence-corrected chi connectivity index (χ0v) is 15.1. The molecule has 8 N–H and O–H groups in total. The fraction of sp³-hybridized carbons (Fsp3) is 1.00. The fourth-order valence-corrected chi connectivity index (χ4v) is 5.82. The highest BCUT2D eigenvalue weighted by Gasteiger charge is 2.51. The van der Waals surface area contributed by atoms with Crippen LogP contribution in [0.5, 0.6) is 0 Å². The van der Waals surface area contributed by atoms with Gasteiger partial charge in [-0.05, 0) is 0 Å². The molecule has 156 valence electrons. The van der Waals surface area contributed by atoms with E-state index in [1.54, 1.807) is 0 Å². The van der Waals surface area contributed by atoms with Crippen LogP contribution in [0.3, 0.4) is 0 Å². The Hall–Kier alpha value is -0.100. The van der Waals surface area contributed by atoms with Gasteiger partial charge in [-0.15, -0.1) is 0 Å².